The lowest BCUT2D eigenvalue weighted by Gasteiger charge is -2.13. The van der Waals surface area contributed by atoms with Gasteiger partial charge in [0.15, 0.2) is 5.78 Å². The third-order valence-electron chi connectivity index (χ3n) is 4.47. The largest absolute Gasteiger partial charge is 0.378 e. The summed E-state index contributed by atoms with van der Waals surface area (Å²) in [6.07, 6.45) is 1.99. The molecule has 0 aliphatic heterocycles. The number of H-pyrrole nitrogens is 1. The SMILES string of the molecule is CN(C)c1ccc2cc(C(=O)CCc3cn(C)c(=O)[nH]c3=O)ccc2c1. The maximum atomic E-state index is 12.5. The molecule has 0 amide bonds. The highest BCUT2D eigenvalue weighted by atomic mass is 16.2. The average Bonchev–Trinajstić information content (AvgIpc) is 2.62. The van der Waals surface area contributed by atoms with Crippen molar-refractivity contribution in [3.8, 4) is 0 Å². The van der Waals surface area contributed by atoms with Crippen LogP contribution in [-0.2, 0) is 13.5 Å². The number of hydrogen-bond acceptors (Lipinski definition) is 4. The first-order chi connectivity index (χ1) is 12.3. The van der Waals surface area contributed by atoms with Crippen molar-refractivity contribution in [1.29, 1.82) is 0 Å². The number of ketones is 1. The van der Waals surface area contributed by atoms with Gasteiger partial charge in [0, 0.05) is 50.6 Å². The van der Waals surface area contributed by atoms with E-state index in [1.165, 1.54) is 10.8 Å². The third-order valence-corrected chi connectivity index (χ3v) is 4.47. The molecule has 3 rings (SSSR count). The van der Waals surface area contributed by atoms with Crippen LogP contribution >= 0.6 is 0 Å². The number of anilines is 1. The molecule has 0 fully saturated rings. The van der Waals surface area contributed by atoms with Gasteiger partial charge in [0.1, 0.15) is 0 Å². The van der Waals surface area contributed by atoms with Crippen LogP contribution in [0, 0.1) is 0 Å². The molecule has 1 N–H and O–H groups in total. The van der Waals surface area contributed by atoms with Crippen LogP contribution in [0.1, 0.15) is 22.3 Å². The second-order valence-corrected chi connectivity index (χ2v) is 6.59. The lowest BCUT2D eigenvalue weighted by Crippen LogP contribution is -2.30. The zero-order valence-electron chi connectivity index (χ0n) is 15.1. The van der Waals surface area contributed by atoms with E-state index in [0.717, 1.165) is 16.5 Å². The molecule has 26 heavy (non-hydrogen) atoms. The Balaban J connectivity index is 1.80. The minimum Gasteiger partial charge on any atom is -0.378 e. The van der Waals surface area contributed by atoms with Gasteiger partial charge in [0.2, 0.25) is 0 Å². The quantitative estimate of drug-likeness (QED) is 0.715. The standard InChI is InChI=1S/C20H21N3O3/c1-22(2)17-8-6-13-10-15(5-4-14(13)11-17)18(24)9-7-16-12-23(3)20(26)21-19(16)25/h4-6,8,10-12H,7,9H2,1-3H3,(H,21,25,26). The van der Waals surface area contributed by atoms with Crippen LogP contribution in [0.4, 0.5) is 5.69 Å². The maximum Gasteiger partial charge on any atom is 0.328 e. The fraction of sp³-hybridized carbons (Fsp3) is 0.250. The molecular formula is C20H21N3O3. The Labute approximate surface area is 150 Å². The minimum absolute atomic E-state index is 0.0307. The molecule has 0 bridgehead atoms. The van der Waals surface area contributed by atoms with Crippen molar-refractivity contribution >= 4 is 22.2 Å². The molecule has 0 atom stereocenters. The number of Topliss-reactive ketones (excluding diaryl/α,β-unsaturated/α-hetero) is 1. The number of hydrogen-bond donors (Lipinski definition) is 1. The van der Waals surface area contributed by atoms with Crippen LogP contribution in [-0.4, -0.2) is 29.4 Å². The van der Waals surface area contributed by atoms with Crippen molar-refractivity contribution in [2.45, 2.75) is 12.8 Å². The summed E-state index contributed by atoms with van der Waals surface area (Å²) < 4.78 is 1.31. The number of aryl methyl sites for hydroxylation is 2. The summed E-state index contributed by atoms with van der Waals surface area (Å²) in [5, 5.41) is 2.07. The van der Waals surface area contributed by atoms with Crippen LogP contribution in [0.2, 0.25) is 0 Å². The molecule has 0 saturated carbocycles. The van der Waals surface area contributed by atoms with Crippen LogP contribution in [0.15, 0.2) is 52.2 Å². The van der Waals surface area contributed by atoms with Crippen LogP contribution in [0.3, 0.4) is 0 Å². The van der Waals surface area contributed by atoms with Gasteiger partial charge in [0.25, 0.3) is 5.56 Å². The number of aromatic nitrogens is 2. The highest BCUT2D eigenvalue weighted by Gasteiger charge is 2.10. The van der Waals surface area contributed by atoms with E-state index in [4.69, 9.17) is 0 Å². The second-order valence-electron chi connectivity index (χ2n) is 6.59. The van der Waals surface area contributed by atoms with E-state index in [-0.39, 0.29) is 12.2 Å². The van der Waals surface area contributed by atoms with E-state index in [0.29, 0.717) is 17.5 Å². The lowest BCUT2D eigenvalue weighted by molar-refractivity contribution is 0.0983. The van der Waals surface area contributed by atoms with E-state index < -0.39 is 11.2 Å². The summed E-state index contributed by atoms with van der Waals surface area (Å²) in [5.74, 6) is -0.0307. The first kappa shape index (κ1) is 17.7. The van der Waals surface area contributed by atoms with E-state index in [1.54, 1.807) is 7.05 Å². The molecule has 0 saturated heterocycles. The van der Waals surface area contributed by atoms with Gasteiger partial charge < -0.3 is 9.47 Å². The summed E-state index contributed by atoms with van der Waals surface area (Å²) >= 11 is 0. The van der Waals surface area contributed by atoms with Gasteiger partial charge in [0.05, 0.1) is 0 Å². The van der Waals surface area contributed by atoms with Gasteiger partial charge in [-0.1, -0.05) is 18.2 Å². The predicted octanol–water partition coefficient (Wildman–Crippen LogP) is 2.11. The number of nitrogens with one attached hydrogen (secondary N) is 1. The van der Waals surface area contributed by atoms with Gasteiger partial charge in [-0.25, -0.2) is 4.79 Å². The molecule has 134 valence electrons. The molecule has 1 aromatic heterocycles. The Kier molecular flexibility index (Phi) is 4.75. The molecule has 6 nitrogen and oxygen atoms in total. The van der Waals surface area contributed by atoms with Crippen molar-refractivity contribution in [2.75, 3.05) is 19.0 Å². The molecule has 0 aliphatic rings. The Morgan fingerprint density at radius 2 is 1.77 bits per heavy atom. The van der Waals surface area contributed by atoms with Crippen LogP contribution in [0.25, 0.3) is 10.8 Å². The van der Waals surface area contributed by atoms with Gasteiger partial charge in [-0.05, 0) is 35.4 Å². The lowest BCUT2D eigenvalue weighted by atomic mass is 10.0. The molecule has 3 aromatic rings. The zero-order valence-corrected chi connectivity index (χ0v) is 15.1. The summed E-state index contributed by atoms with van der Waals surface area (Å²) in [7, 11) is 5.54. The fourth-order valence-electron chi connectivity index (χ4n) is 2.87. The van der Waals surface area contributed by atoms with Crippen molar-refractivity contribution in [3.05, 3.63) is 74.6 Å². The van der Waals surface area contributed by atoms with E-state index >= 15 is 0 Å². The Morgan fingerprint density at radius 1 is 1.08 bits per heavy atom. The molecule has 1 heterocycles. The predicted molar refractivity (Wildman–Crippen MR) is 103 cm³/mol. The molecule has 0 spiro atoms. The van der Waals surface area contributed by atoms with Crippen LogP contribution < -0.4 is 16.1 Å². The number of carbonyl (C=O) groups is 1. The highest BCUT2D eigenvalue weighted by molar-refractivity contribution is 6.00. The Hall–Kier alpha value is -3.15. The number of carbonyl (C=O) groups excluding carboxylic acids is 1. The molecular weight excluding hydrogens is 330 g/mol. The van der Waals surface area contributed by atoms with Crippen LogP contribution in [0.5, 0.6) is 0 Å². The normalized spacial score (nSPS) is 10.9. The van der Waals surface area contributed by atoms with Crippen molar-refractivity contribution < 1.29 is 4.79 Å². The van der Waals surface area contributed by atoms with Crippen molar-refractivity contribution in [2.24, 2.45) is 7.05 Å². The fourth-order valence-corrected chi connectivity index (χ4v) is 2.87. The Bertz CT molecular complexity index is 1090. The van der Waals surface area contributed by atoms with Gasteiger partial charge >= 0.3 is 5.69 Å². The summed E-state index contributed by atoms with van der Waals surface area (Å²) in [4.78, 5) is 40.0. The number of fused-ring (bicyclic) bond motifs is 1. The van der Waals surface area contributed by atoms with Crippen molar-refractivity contribution in [3.63, 3.8) is 0 Å². The Morgan fingerprint density at radius 3 is 2.50 bits per heavy atom. The minimum atomic E-state index is -0.461. The summed E-state index contributed by atoms with van der Waals surface area (Å²) in [6.45, 7) is 0. The average molecular weight is 351 g/mol. The molecule has 0 radical (unpaired) electrons. The highest BCUT2D eigenvalue weighted by Crippen LogP contribution is 2.22. The molecule has 2 aromatic carbocycles. The first-order valence-electron chi connectivity index (χ1n) is 8.38. The van der Waals surface area contributed by atoms with Crippen molar-refractivity contribution in [1.82, 2.24) is 9.55 Å². The smallest absolute Gasteiger partial charge is 0.328 e. The molecule has 6 heteroatoms. The first-order valence-corrected chi connectivity index (χ1v) is 8.38. The summed E-state index contributed by atoms with van der Waals surface area (Å²) in [5.41, 5.74) is 1.26. The number of nitrogens with zero attached hydrogens (tertiary/aromatic N) is 2. The van der Waals surface area contributed by atoms with E-state index in [1.807, 2.05) is 49.3 Å². The number of aromatic amines is 1. The second kappa shape index (κ2) is 7.00. The zero-order chi connectivity index (χ0) is 18.8. The van der Waals surface area contributed by atoms with E-state index in [2.05, 4.69) is 11.1 Å². The summed E-state index contributed by atoms with van der Waals surface area (Å²) in [6, 6.07) is 11.7. The van der Waals surface area contributed by atoms with Gasteiger partial charge in [-0.15, -0.1) is 0 Å². The van der Waals surface area contributed by atoms with E-state index in [9.17, 15) is 14.4 Å². The molecule has 0 aliphatic carbocycles. The van der Waals surface area contributed by atoms with Gasteiger partial charge in [-0.2, -0.15) is 0 Å². The van der Waals surface area contributed by atoms with Gasteiger partial charge in [-0.3, -0.25) is 14.6 Å². The monoisotopic (exact) mass is 351 g/mol. The number of benzene rings is 2. The maximum absolute atomic E-state index is 12.5. The molecule has 0 unspecified atom stereocenters. The third kappa shape index (κ3) is 3.59. The topological polar surface area (TPSA) is 75.2 Å². The number of rotatable bonds is 5.